The third-order valence-electron chi connectivity index (χ3n) is 5.46. The van der Waals surface area contributed by atoms with Gasteiger partial charge in [-0.1, -0.05) is 18.2 Å². The summed E-state index contributed by atoms with van der Waals surface area (Å²) in [6.07, 6.45) is 1.17. The van der Waals surface area contributed by atoms with Gasteiger partial charge in [0.05, 0.1) is 16.3 Å². The number of alkyl halides is 3. The van der Waals surface area contributed by atoms with E-state index in [2.05, 4.69) is 15.6 Å². The standard InChI is InChI=1S/C18H22F3N3O2S/c1-10(14-7-11-2-3-12(14)6-11)23-17(26)24-15(25)9-27-16-5-4-13(8-22-16)18(19,20)21/h4-5,8,10-12,14H,2-3,6-7,9H2,1H3,(H2,23,24,25,26)/t10-,11+,12+,14+/m1/s1. The lowest BCUT2D eigenvalue weighted by molar-refractivity contribution is -0.137. The first-order chi connectivity index (χ1) is 12.7. The Kier molecular flexibility index (Phi) is 5.98. The van der Waals surface area contributed by atoms with Gasteiger partial charge >= 0.3 is 12.2 Å². The zero-order valence-corrected chi connectivity index (χ0v) is 15.7. The van der Waals surface area contributed by atoms with E-state index in [0.717, 1.165) is 36.4 Å². The summed E-state index contributed by atoms with van der Waals surface area (Å²) in [5.74, 6) is 1.30. The van der Waals surface area contributed by atoms with Crippen LogP contribution in [0.3, 0.4) is 0 Å². The Balaban J connectivity index is 1.40. The topological polar surface area (TPSA) is 71.1 Å². The molecule has 0 radical (unpaired) electrons. The molecule has 3 rings (SSSR count). The van der Waals surface area contributed by atoms with Crippen molar-refractivity contribution in [2.75, 3.05) is 5.75 Å². The van der Waals surface area contributed by atoms with Crippen LogP contribution in [-0.4, -0.2) is 28.7 Å². The lowest BCUT2D eigenvalue weighted by atomic mass is 9.84. The van der Waals surface area contributed by atoms with Crippen molar-refractivity contribution < 1.29 is 22.8 Å². The minimum Gasteiger partial charge on any atom is -0.335 e. The van der Waals surface area contributed by atoms with Gasteiger partial charge in [-0.3, -0.25) is 10.1 Å². The number of aromatic nitrogens is 1. The maximum Gasteiger partial charge on any atom is 0.417 e. The van der Waals surface area contributed by atoms with Crippen LogP contribution in [0.5, 0.6) is 0 Å². The van der Waals surface area contributed by atoms with Gasteiger partial charge in [-0.2, -0.15) is 13.2 Å². The Bertz CT molecular complexity index is 696. The van der Waals surface area contributed by atoms with Crippen molar-refractivity contribution in [3.8, 4) is 0 Å². The van der Waals surface area contributed by atoms with Gasteiger partial charge in [-0.05, 0) is 56.1 Å². The van der Waals surface area contributed by atoms with Crippen LogP contribution in [0.25, 0.3) is 0 Å². The summed E-state index contributed by atoms with van der Waals surface area (Å²) in [5, 5.41) is 5.39. The second-order valence-corrected chi connectivity index (χ2v) is 8.32. The Labute approximate surface area is 159 Å². The molecule has 1 aromatic heterocycles. The van der Waals surface area contributed by atoms with Crippen molar-refractivity contribution in [1.29, 1.82) is 0 Å². The molecule has 0 saturated heterocycles. The number of hydrogen-bond acceptors (Lipinski definition) is 4. The highest BCUT2D eigenvalue weighted by Crippen LogP contribution is 2.49. The number of urea groups is 1. The van der Waals surface area contributed by atoms with Gasteiger partial charge in [0.2, 0.25) is 5.91 Å². The van der Waals surface area contributed by atoms with Gasteiger partial charge in [0.1, 0.15) is 0 Å². The molecule has 0 aromatic carbocycles. The summed E-state index contributed by atoms with van der Waals surface area (Å²) in [6.45, 7) is 1.97. The number of carbonyl (C=O) groups is 2. The van der Waals surface area contributed by atoms with Crippen LogP contribution in [-0.2, 0) is 11.0 Å². The van der Waals surface area contributed by atoms with E-state index in [-0.39, 0.29) is 16.8 Å². The Morgan fingerprint density at radius 2 is 2.07 bits per heavy atom. The average molecular weight is 401 g/mol. The quantitative estimate of drug-likeness (QED) is 0.736. The van der Waals surface area contributed by atoms with Gasteiger partial charge in [-0.15, -0.1) is 0 Å². The first-order valence-electron chi connectivity index (χ1n) is 8.98. The minimum atomic E-state index is -4.44. The molecule has 1 heterocycles. The molecule has 4 atom stereocenters. The molecule has 2 aliphatic carbocycles. The van der Waals surface area contributed by atoms with E-state index in [0.29, 0.717) is 11.8 Å². The highest BCUT2D eigenvalue weighted by atomic mass is 32.2. The third-order valence-corrected chi connectivity index (χ3v) is 6.41. The highest BCUT2D eigenvalue weighted by Gasteiger charge is 2.42. The molecule has 0 aliphatic heterocycles. The second kappa shape index (κ2) is 8.08. The number of pyridine rings is 1. The van der Waals surface area contributed by atoms with Crippen molar-refractivity contribution in [1.82, 2.24) is 15.6 Å². The fourth-order valence-electron chi connectivity index (χ4n) is 4.19. The van der Waals surface area contributed by atoms with Crippen molar-refractivity contribution in [2.24, 2.45) is 17.8 Å². The predicted octanol–water partition coefficient (Wildman–Crippen LogP) is 3.84. The number of nitrogens with one attached hydrogen (secondary N) is 2. The highest BCUT2D eigenvalue weighted by molar-refractivity contribution is 7.99. The van der Waals surface area contributed by atoms with Gasteiger partial charge in [0.15, 0.2) is 0 Å². The van der Waals surface area contributed by atoms with Crippen LogP contribution < -0.4 is 10.6 Å². The van der Waals surface area contributed by atoms with E-state index < -0.39 is 23.7 Å². The number of nitrogens with zero attached hydrogens (tertiary/aromatic N) is 1. The molecule has 0 spiro atoms. The average Bonchev–Trinajstić information content (AvgIpc) is 3.22. The summed E-state index contributed by atoms with van der Waals surface area (Å²) < 4.78 is 37.5. The summed E-state index contributed by atoms with van der Waals surface area (Å²) in [4.78, 5) is 27.6. The number of hydrogen-bond donors (Lipinski definition) is 2. The summed E-state index contributed by atoms with van der Waals surface area (Å²) >= 11 is 0.973. The number of thioether (sulfide) groups is 1. The lowest BCUT2D eigenvalue weighted by Gasteiger charge is -2.28. The number of halogens is 3. The van der Waals surface area contributed by atoms with Crippen molar-refractivity contribution >= 4 is 23.7 Å². The molecule has 27 heavy (non-hydrogen) atoms. The molecular weight excluding hydrogens is 379 g/mol. The molecule has 2 aliphatic rings. The smallest absolute Gasteiger partial charge is 0.335 e. The third kappa shape index (κ3) is 5.15. The zero-order chi connectivity index (χ0) is 19.6. The molecule has 148 valence electrons. The van der Waals surface area contributed by atoms with E-state index in [1.807, 2.05) is 6.92 Å². The summed E-state index contributed by atoms with van der Waals surface area (Å²) in [6, 6.07) is 1.60. The van der Waals surface area contributed by atoms with Gasteiger partial charge < -0.3 is 5.32 Å². The maximum atomic E-state index is 12.5. The van der Waals surface area contributed by atoms with Crippen molar-refractivity contribution in [3.05, 3.63) is 23.9 Å². The Morgan fingerprint density at radius 1 is 1.30 bits per heavy atom. The molecule has 1 aromatic rings. The van der Waals surface area contributed by atoms with Crippen LogP contribution >= 0.6 is 11.8 Å². The number of fused-ring (bicyclic) bond motifs is 2. The van der Waals surface area contributed by atoms with E-state index in [9.17, 15) is 22.8 Å². The van der Waals surface area contributed by atoms with Crippen LogP contribution in [0, 0.1) is 17.8 Å². The monoisotopic (exact) mass is 401 g/mol. The number of amides is 3. The predicted molar refractivity (Wildman–Crippen MR) is 95.0 cm³/mol. The van der Waals surface area contributed by atoms with Crippen LogP contribution in [0.15, 0.2) is 23.4 Å². The number of rotatable bonds is 5. The second-order valence-electron chi connectivity index (χ2n) is 7.32. The van der Waals surface area contributed by atoms with Gasteiger partial charge in [0, 0.05) is 12.2 Å². The van der Waals surface area contributed by atoms with E-state index in [1.54, 1.807) is 0 Å². The van der Waals surface area contributed by atoms with Crippen LogP contribution in [0.2, 0.25) is 0 Å². The molecule has 9 heteroatoms. The first-order valence-corrected chi connectivity index (χ1v) is 9.97. The SMILES string of the molecule is C[C@@H](NC(=O)NC(=O)CSc1ccc(C(F)(F)F)cn1)[C@@H]1C[C@H]2CC[C@H]1C2. The van der Waals surface area contributed by atoms with Crippen molar-refractivity contribution in [3.63, 3.8) is 0 Å². The Morgan fingerprint density at radius 3 is 2.63 bits per heavy atom. The van der Waals surface area contributed by atoms with E-state index in [4.69, 9.17) is 0 Å². The van der Waals surface area contributed by atoms with Crippen LogP contribution in [0.1, 0.15) is 38.2 Å². The molecule has 3 amide bonds. The number of imide groups is 1. The molecular formula is C18H22F3N3O2S. The zero-order valence-electron chi connectivity index (χ0n) is 14.9. The van der Waals surface area contributed by atoms with E-state index in [1.165, 1.54) is 25.3 Å². The number of carbonyl (C=O) groups excluding carboxylic acids is 2. The maximum absolute atomic E-state index is 12.5. The minimum absolute atomic E-state index is 0.0114. The van der Waals surface area contributed by atoms with Gasteiger partial charge in [-0.25, -0.2) is 9.78 Å². The largest absolute Gasteiger partial charge is 0.417 e. The van der Waals surface area contributed by atoms with Crippen LogP contribution in [0.4, 0.5) is 18.0 Å². The molecule has 5 nitrogen and oxygen atoms in total. The first kappa shape index (κ1) is 20.0. The molecule has 0 unspecified atom stereocenters. The fourth-order valence-corrected chi connectivity index (χ4v) is 4.83. The molecule has 2 bridgehead atoms. The van der Waals surface area contributed by atoms with Crippen molar-refractivity contribution in [2.45, 2.75) is 49.9 Å². The normalized spacial score (nSPS) is 25.3. The molecule has 2 N–H and O–H groups in total. The fraction of sp³-hybridized carbons (Fsp3) is 0.611. The Hall–Kier alpha value is -1.77. The lowest BCUT2D eigenvalue weighted by Crippen LogP contribution is -2.47. The summed E-state index contributed by atoms with van der Waals surface area (Å²) in [7, 11) is 0. The van der Waals surface area contributed by atoms with E-state index >= 15 is 0 Å². The van der Waals surface area contributed by atoms with Gasteiger partial charge in [0.25, 0.3) is 0 Å². The summed E-state index contributed by atoms with van der Waals surface area (Å²) in [5.41, 5.74) is -0.842. The molecule has 2 saturated carbocycles. The molecule has 2 fully saturated rings.